The van der Waals surface area contributed by atoms with E-state index in [0.29, 0.717) is 11.0 Å². The number of rotatable bonds is 2. The van der Waals surface area contributed by atoms with Crippen LogP contribution in [-0.4, -0.2) is 15.8 Å². The number of nitrogens with zero attached hydrogens (tertiary/aromatic N) is 2. The molecule has 3 nitrogen and oxygen atoms in total. The monoisotopic (exact) mass is 266 g/mol. The van der Waals surface area contributed by atoms with E-state index in [-0.39, 0.29) is 11.3 Å². The van der Waals surface area contributed by atoms with E-state index in [9.17, 15) is 9.18 Å². The molecule has 0 saturated carbocycles. The van der Waals surface area contributed by atoms with Crippen LogP contribution in [0.25, 0.3) is 11.0 Å². The fraction of sp³-hybridized carbons (Fsp3) is 0.0625. The summed E-state index contributed by atoms with van der Waals surface area (Å²) in [7, 11) is 0. The van der Waals surface area contributed by atoms with Gasteiger partial charge in [-0.15, -0.1) is 0 Å². The van der Waals surface area contributed by atoms with Gasteiger partial charge >= 0.3 is 0 Å². The predicted octanol–water partition coefficient (Wildman–Crippen LogP) is 3.31. The Kier molecular flexibility index (Phi) is 2.99. The molecular formula is C16H11FN2O. The summed E-state index contributed by atoms with van der Waals surface area (Å²) in [5, 5.41) is 0. The van der Waals surface area contributed by atoms with E-state index in [4.69, 9.17) is 0 Å². The number of hydrogen-bond donors (Lipinski definition) is 0. The minimum absolute atomic E-state index is 0.0228. The van der Waals surface area contributed by atoms with E-state index >= 15 is 0 Å². The molecule has 1 aromatic heterocycles. The molecule has 0 unspecified atom stereocenters. The molecule has 4 heteroatoms. The van der Waals surface area contributed by atoms with Crippen LogP contribution in [0.1, 0.15) is 21.6 Å². The molecule has 2 aromatic carbocycles. The summed E-state index contributed by atoms with van der Waals surface area (Å²) < 4.78 is 13.8. The number of carbonyl (C=O) groups excluding carboxylic acids is 1. The maximum atomic E-state index is 13.8. The number of benzene rings is 2. The number of carbonyl (C=O) groups is 1. The first-order valence-electron chi connectivity index (χ1n) is 6.18. The second kappa shape index (κ2) is 4.81. The molecule has 0 saturated heterocycles. The normalized spacial score (nSPS) is 10.7. The lowest BCUT2D eigenvalue weighted by Gasteiger charge is -2.04. The highest BCUT2D eigenvalue weighted by atomic mass is 19.1. The van der Waals surface area contributed by atoms with Crippen LogP contribution >= 0.6 is 0 Å². The van der Waals surface area contributed by atoms with Gasteiger partial charge in [0, 0.05) is 0 Å². The Morgan fingerprint density at radius 1 is 1.10 bits per heavy atom. The van der Waals surface area contributed by atoms with Crippen molar-refractivity contribution >= 4 is 16.8 Å². The third-order valence-corrected chi connectivity index (χ3v) is 3.05. The molecule has 0 aliphatic rings. The molecule has 0 amide bonds. The van der Waals surface area contributed by atoms with Crippen molar-refractivity contribution in [1.29, 1.82) is 0 Å². The molecular weight excluding hydrogens is 255 g/mol. The van der Waals surface area contributed by atoms with Crippen molar-refractivity contribution in [2.24, 2.45) is 0 Å². The van der Waals surface area contributed by atoms with Gasteiger partial charge in [0.25, 0.3) is 0 Å². The molecule has 0 radical (unpaired) electrons. The van der Waals surface area contributed by atoms with Gasteiger partial charge in [0.15, 0.2) is 0 Å². The van der Waals surface area contributed by atoms with E-state index in [0.717, 1.165) is 5.56 Å². The van der Waals surface area contributed by atoms with Gasteiger partial charge in [-0.25, -0.2) is 9.37 Å². The summed E-state index contributed by atoms with van der Waals surface area (Å²) in [5.74, 6) is -1.000. The van der Waals surface area contributed by atoms with Gasteiger partial charge in [-0.1, -0.05) is 23.8 Å². The Hall–Kier alpha value is -2.62. The Balaban J connectivity index is 2.10. The van der Waals surface area contributed by atoms with Crippen molar-refractivity contribution in [3.05, 3.63) is 71.3 Å². The van der Waals surface area contributed by atoms with Crippen molar-refractivity contribution in [2.45, 2.75) is 6.92 Å². The molecule has 3 aromatic rings. The molecule has 0 aliphatic carbocycles. The first-order chi connectivity index (χ1) is 9.65. The number of fused-ring (bicyclic) bond motifs is 1. The van der Waals surface area contributed by atoms with Crippen LogP contribution in [0.2, 0.25) is 0 Å². The molecule has 98 valence electrons. The summed E-state index contributed by atoms with van der Waals surface area (Å²) in [4.78, 5) is 20.7. The average molecular weight is 266 g/mol. The summed E-state index contributed by atoms with van der Waals surface area (Å²) >= 11 is 0. The number of hydrogen-bond acceptors (Lipinski definition) is 3. The lowest BCUT2D eigenvalue weighted by molar-refractivity contribution is 0.103. The zero-order chi connectivity index (χ0) is 14.1. The second-order valence-electron chi connectivity index (χ2n) is 4.56. The molecule has 0 fully saturated rings. The molecule has 0 spiro atoms. The molecule has 3 rings (SSSR count). The van der Waals surface area contributed by atoms with Gasteiger partial charge in [0.2, 0.25) is 5.78 Å². The average Bonchev–Trinajstić information content (AvgIpc) is 2.48. The zero-order valence-electron chi connectivity index (χ0n) is 10.8. The quantitative estimate of drug-likeness (QED) is 0.668. The fourth-order valence-electron chi connectivity index (χ4n) is 2.02. The van der Waals surface area contributed by atoms with Crippen LogP contribution in [0.4, 0.5) is 4.39 Å². The predicted molar refractivity (Wildman–Crippen MR) is 74.1 cm³/mol. The van der Waals surface area contributed by atoms with Crippen LogP contribution in [0.15, 0.2) is 48.7 Å². The first-order valence-corrected chi connectivity index (χ1v) is 6.18. The van der Waals surface area contributed by atoms with Crippen LogP contribution in [0, 0.1) is 12.7 Å². The van der Waals surface area contributed by atoms with Crippen LogP contribution in [0.3, 0.4) is 0 Å². The van der Waals surface area contributed by atoms with E-state index < -0.39 is 11.6 Å². The summed E-state index contributed by atoms with van der Waals surface area (Å²) in [6.07, 6.45) is 1.38. The van der Waals surface area contributed by atoms with Gasteiger partial charge < -0.3 is 0 Å². The molecule has 0 aliphatic heterocycles. The van der Waals surface area contributed by atoms with E-state index in [1.807, 2.05) is 25.1 Å². The number of halogens is 1. The Bertz CT molecular complexity index is 814. The lowest BCUT2D eigenvalue weighted by Crippen LogP contribution is -2.07. The second-order valence-corrected chi connectivity index (χ2v) is 4.56. The summed E-state index contributed by atoms with van der Waals surface area (Å²) in [6, 6.07) is 11.7. The Morgan fingerprint density at radius 2 is 1.85 bits per heavy atom. The minimum atomic E-state index is -0.546. The van der Waals surface area contributed by atoms with Gasteiger partial charge in [-0.2, -0.15) is 0 Å². The van der Waals surface area contributed by atoms with Gasteiger partial charge in [-0.3, -0.25) is 9.78 Å². The number of aryl methyl sites for hydroxylation is 1. The van der Waals surface area contributed by atoms with Crippen molar-refractivity contribution in [1.82, 2.24) is 9.97 Å². The molecule has 0 bridgehead atoms. The third kappa shape index (κ3) is 2.16. The fourth-order valence-corrected chi connectivity index (χ4v) is 2.02. The van der Waals surface area contributed by atoms with E-state index in [1.165, 1.54) is 18.3 Å². The maximum absolute atomic E-state index is 13.8. The van der Waals surface area contributed by atoms with Crippen molar-refractivity contribution < 1.29 is 9.18 Å². The van der Waals surface area contributed by atoms with Crippen molar-refractivity contribution in [3.8, 4) is 0 Å². The van der Waals surface area contributed by atoms with Gasteiger partial charge in [0.1, 0.15) is 11.5 Å². The number of aromatic nitrogens is 2. The highest BCUT2D eigenvalue weighted by molar-refractivity contribution is 6.08. The number of ketones is 1. The summed E-state index contributed by atoms with van der Waals surface area (Å²) in [6.45, 7) is 1.81. The maximum Gasteiger partial charge on any atom is 0.215 e. The molecule has 1 heterocycles. The molecule has 0 N–H and O–H groups in total. The highest BCUT2D eigenvalue weighted by Gasteiger charge is 2.16. The topological polar surface area (TPSA) is 42.9 Å². The lowest BCUT2D eigenvalue weighted by atomic mass is 10.1. The van der Waals surface area contributed by atoms with Crippen molar-refractivity contribution in [2.75, 3.05) is 0 Å². The van der Waals surface area contributed by atoms with E-state index in [1.54, 1.807) is 12.1 Å². The Labute approximate surface area is 115 Å². The third-order valence-electron chi connectivity index (χ3n) is 3.05. The Morgan fingerprint density at radius 3 is 2.65 bits per heavy atom. The van der Waals surface area contributed by atoms with E-state index in [2.05, 4.69) is 9.97 Å². The highest BCUT2D eigenvalue weighted by Crippen LogP contribution is 2.16. The van der Waals surface area contributed by atoms with Crippen molar-refractivity contribution in [3.63, 3.8) is 0 Å². The van der Waals surface area contributed by atoms with Gasteiger partial charge in [-0.05, 0) is 31.2 Å². The molecule has 20 heavy (non-hydrogen) atoms. The van der Waals surface area contributed by atoms with Gasteiger partial charge in [0.05, 0.1) is 22.8 Å². The SMILES string of the molecule is Cc1ccc(F)c(C(=O)c2cnc3ccccc3n2)c1. The first kappa shape index (κ1) is 12.4. The summed E-state index contributed by atoms with van der Waals surface area (Å²) in [5.41, 5.74) is 2.31. The van der Waals surface area contributed by atoms with Crippen LogP contribution in [-0.2, 0) is 0 Å². The molecule has 0 atom stereocenters. The largest absolute Gasteiger partial charge is 0.287 e. The number of para-hydroxylation sites is 2. The van der Waals surface area contributed by atoms with Crippen LogP contribution < -0.4 is 0 Å². The minimum Gasteiger partial charge on any atom is -0.287 e. The smallest absolute Gasteiger partial charge is 0.215 e. The van der Waals surface area contributed by atoms with Crippen LogP contribution in [0.5, 0.6) is 0 Å². The zero-order valence-corrected chi connectivity index (χ0v) is 10.8. The standard InChI is InChI=1S/C16H11FN2O/c1-10-6-7-12(17)11(8-10)16(20)15-9-18-13-4-2-3-5-14(13)19-15/h2-9H,1H3.